The van der Waals surface area contributed by atoms with Crippen molar-refractivity contribution >= 4 is 303 Å². The van der Waals surface area contributed by atoms with E-state index < -0.39 is 0 Å². The summed E-state index contributed by atoms with van der Waals surface area (Å²) in [4.78, 5) is 0. The predicted octanol–water partition coefficient (Wildman–Crippen LogP) is -10.8. The largest absolute Gasteiger partial charge is 0.140 e. The second kappa shape index (κ2) is 39.4. The van der Waals surface area contributed by atoms with Crippen LogP contribution < -0.4 is 32.8 Å². The van der Waals surface area contributed by atoms with Crippen LogP contribution in [0.15, 0.2) is 0 Å². The summed E-state index contributed by atoms with van der Waals surface area (Å²) in [6.45, 7) is 31.3. The van der Waals surface area contributed by atoms with Crippen LogP contribution in [0.2, 0.25) is 0 Å². The van der Waals surface area contributed by atoms with Crippen LogP contribution in [0.1, 0.15) is 121 Å². The van der Waals surface area contributed by atoms with Gasteiger partial charge in [0.1, 0.15) is 14.3 Å². The van der Waals surface area contributed by atoms with Crippen LogP contribution in [0.25, 0.3) is 76.1 Å². The fraction of sp³-hybridized carbons (Fsp3) is 0.163. The predicted molar refractivity (Wildman–Crippen MR) is 585 cm³/mol. The standard InChI is InChI=1S/C86H82B30/c1-19-26-31-34-36-38-41-45-61-58(17)67-57(16)60(25-7)62(43-24-6)63(44-30-23-5)74(67)75-65(46-39-29-22-4)64(47-40-33-28-21-3)73(66(72(61)75)48-42-37-35-32-27-20-2)76-68-53(12)49(8)51(10)55(14)70(68)77(71-56(15)52(11)50(9)54(13)69(71)76)78-79-80(81(87)59(18)82(78)106(90)91)84(110(115(101)102)116(103)105-89)86(109(113(97)98)114(99)100)85(108(104-88)112(95)96)83(79)107(92)111(93)94/h2-3,5,7,104-105H,87-103H2,1,4,6,8-18H3. The SMILES string of the molecule is BBB(B)B(B(B)B)c1c(B(B(B)B)B(B)B)c(B(BB)B(B)B)c(B(B)B(B)B)c2c(-c3c4c(C)c(C)c(C)c(C)c4c(-c4c(C#CC#CC#C)c(C#CC#CC)c5c(c4C#CC#CC#CC#C)c(C#CC#CC#CC#CC)c(C)c4c(C)c(C#C)c(C#CC)c(C#CC#C)c45)c4c(C)c(C)c(C)c(C)c34)c(B(B)B)c(C)c(B)c12. The van der Waals surface area contributed by atoms with E-state index in [1.54, 1.807) is 37.2 Å². The number of fused-ring (bicyclic) bond motifs is 6. The maximum Gasteiger partial charge on any atom is 0.140 e. The molecule has 8 rings (SSSR count). The second-order valence-electron chi connectivity index (χ2n) is 33.3. The van der Waals surface area contributed by atoms with E-state index >= 15 is 0 Å². The molecule has 0 saturated carbocycles. The van der Waals surface area contributed by atoms with E-state index in [2.05, 4.69) is 378 Å². The molecule has 0 fully saturated rings. The molecular formula is C86H82B30. The highest BCUT2D eigenvalue weighted by Gasteiger charge is 2.44. The zero-order chi connectivity index (χ0) is 85.9. The summed E-state index contributed by atoms with van der Waals surface area (Å²) in [5.74, 6) is 93.1. The molecule has 8 aromatic carbocycles. The first-order valence-corrected chi connectivity index (χ1v) is 41.2. The number of terminal acetylenes is 4. The van der Waals surface area contributed by atoms with Crippen molar-refractivity contribution < 1.29 is 0 Å². The molecule has 0 aliphatic carbocycles. The van der Waals surface area contributed by atoms with E-state index in [0.29, 0.717) is 92.6 Å². The van der Waals surface area contributed by atoms with Crippen LogP contribution >= 0.6 is 0 Å². The molecule has 0 amide bonds. The third-order valence-corrected chi connectivity index (χ3v) is 25.2. The van der Waals surface area contributed by atoms with Crippen LogP contribution in [0, 0.1) is 279 Å². The lowest BCUT2D eigenvalue weighted by Crippen LogP contribution is -2.80. The number of aryl methyl sites for hydroxylation is 6. The Balaban J connectivity index is 2.10. The molecule has 0 atom stereocenters. The van der Waals surface area contributed by atoms with Gasteiger partial charge in [0, 0.05) is 89.3 Å². The van der Waals surface area contributed by atoms with E-state index in [1.165, 1.54) is 66.1 Å². The minimum atomic E-state index is 0.0556. The number of hydrogen-bond acceptors (Lipinski definition) is 0. The average Bonchev–Trinajstić information content (AvgIpc) is 0.675. The fourth-order valence-corrected chi connectivity index (χ4v) is 19.1. The molecular weight excluding hydrogens is 1360 g/mol. The van der Waals surface area contributed by atoms with Gasteiger partial charge in [0.15, 0.2) is 0 Å². The number of hydrogen-bond donors (Lipinski definition) is 0. The van der Waals surface area contributed by atoms with E-state index in [9.17, 15) is 0 Å². The van der Waals surface area contributed by atoms with Gasteiger partial charge in [-0.2, -0.15) is 0 Å². The van der Waals surface area contributed by atoms with Crippen LogP contribution in [0.5, 0.6) is 0 Å². The van der Waals surface area contributed by atoms with Crippen LogP contribution in [-0.4, -0.2) is 217 Å². The highest BCUT2D eigenvalue weighted by molar-refractivity contribution is 7.89. The van der Waals surface area contributed by atoms with Gasteiger partial charge in [0.2, 0.25) is 0 Å². The lowest BCUT2D eigenvalue weighted by Gasteiger charge is -2.41. The molecule has 0 aliphatic rings. The molecule has 30 heteroatoms. The van der Waals surface area contributed by atoms with Crippen LogP contribution in [0.3, 0.4) is 0 Å². The van der Waals surface area contributed by atoms with Crippen molar-refractivity contribution in [3.63, 3.8) is 0 Å². The Hall–Kier alpha value is -10.5. The first-order chi connectivity index (χ1) is 55.2. The summed E-state index contributed by atoms with van der Waals surface area (Å²) in [5.41, 5.74) is 28.9. The Labute approximate surface area is 720 Å². The van der Waals surface area contributed by atoms with Gasteiger partial charge in [-0.25, -0.2) is 0 Å². The Morgan fingerprint density at radius 1 is 0.267 bits per heavy atom. The van der Waals surface area contributed by atoms with Crippen molar-refractivity contribution in [3.8, 4) is 226 Å². The van der Waals surface area contributed by atoms with Crippen molar-refractivity contribution in [2.45, 2.75) is 96.9 Å². The van der Waals surface area contributed by atoms with Gasteiger partial charge in [-0.05, 0) is 320 Å². The molecule has 0 heterocycles. The molecule has 8 aromatic rings. The minimum absolute atomic E-state index is 0.0556. The minimum Gasteiger partial charge on any atom is -0.115 e. The molecule has 0 aliphatic heterocycles. The van der Waals surface area contributed by atoms with E-state index in [-0.39, 0.29) is 38.9 Å². The molecule has 0 saturated heterocycles. The maximum absolute atomic E-state index is 6.67. The molecule has 0 bridgehead atoms. The summed E-state index contributed by atoms with van der Waals surface area (Å²) in [6.07, 6.45) is 26.6. The van der Waals surface area contributed by atoms with Crippen molar-refractivity contribution in [3.05, 3.63) is 100 Å². The van der Waals surface area contributed by atoms with Crippen LogP contribution in [-0.2, 0) is 0 Å². The van der Waals surface area contributed by atoms with Crippen LogP contribution in [0.4, 0.5) is 0 Å². The van der Waals surface area contributed by atoms with Gasteiger partial charge < -0.3 is 0 Å². The Bertz CT molecular complexity index is 6640. The first-order valence-electron chi connectivity index (χ1n) is 41.2. The quantitative estimate of drug-likeness (QED) is 0.0415. The molecule has 0 spiro atoms. The zero-order valence-electron chi connectivity index (χ0n) is 75.1. The smallest absolute Gasteiger partial charge is 0.115 e. The normalized spacial score (nSPS) is 9.47. The number of rotatable bonds is 15. The highest BCUT2D eigenvalue weighted by Crippen LogP contribution is 2.55. The van der Waals surface area contributed by atoms with Gasteiger partial charge in [0.25, 0.3) is 0 Å². The molecule has 0 N–H and O–H groups in total. The molecule has 0 unspecified atom stereocenters. The monoisotopic (exact) mass is 1440 g/mol. The van der Waals surface area contributed by atoms with Gasteiger partial charge in [-0.15, -0.1) is 42.5 Å². The van der Waals surface area contributed by atoms with E-state index in [1.807, 2.05) is 6.92 Å². The van der Waals surface area contributed by atoms with Crippen molar-refractivity contribution in [1.29, 1.82) is 0 Å². The van der Waals surface area contributed by atoms with Gasteiger partial charge in [-0.1, -0.05) is 80.7 Å². The van der Waals surface area contributed by atoms with Crippen molar-refractivity contribution in [2.24, 2.45) is 0 Å². The molecule has 0 radical (unpaired) electrons. The van der Waals surface area contributed by atoms with E-state index in [4.69, 9.17) is 25.7 Å². The summed E-state index contributed by atoms with van der Waals surface area (Å²) >= 11 is 0. The summed E-state index contributed by atoms with van der Waals surface area (Å²) in [7, 11) is 44.3. The molecule has 0 nitrogen and oxygen atoms in total. The summed E-state index contributed by atoms with van der Waals surface area (Å²) in [5, 5.41) is 9.82. The fourth-order valence-electron chi connectivity index (χ4n) is 19.1. The lowest BCUT2D eigenvalue weighted by atomic mass is 8.66. The van der Waals surface area contributed by atoms with Gasteiger partial charge in [-0.3, -0.25) is 0 Å². The third-order valence-electron chi connectivity index (χ3n) is 25.2. The maximum atomic E-state index is 6.67. The molecule has 116 heavy (non-hydrogen) atoms. The van der Waals surface area contributed by atoms with Crippen molar-refractivity contribution in [1.82, 2.24) is 0 Å². The average molecular weight is 1440 g/mol. The van der Waals surface area contributed by atoms with Gasteiger partial charge >= 0.3 is 0 Å². The summed E-state index contributed by atoms with van der Waals surface area (Å²) in [6, 6.07) is 0. The molecule has 516 valence electrons. The summed E-state index contributed by atoms with van der Waals surface area (Å²) < 4.78 is 0. The molecule has 0 aromatic heterocycles. The Kier molecular flexibility index (Phi) is 31.0. The van der Waals surface area contributed by atoms with E-state index in [0.717, 1.165) is 80.0 Å². The zero-order valence-corrected chi connectivity index (χ0v) is 75.1. The Morgan fingerprint density at radius 3 is 1.11 bits per heavy atom. The second-order valence-corrected chi connectivity index (χ2v) is 33.3. The topological polar surface area (TPSA) is 0 Å². The lowest BCUT2D eigenvalue weighted by molar-refractivity contribution is 1.24. The highest BCUT2D eigenvalue weighted by atomic mass is 14.4. The number of benzene rings is 8. The third kappa shape index (κ3) is 16.8. The Morgan fingerprint density at radius 2 is 0.672 bits per heavy atom. The van der Waals surface area contributed by atoms with Crippen molar-refractivity contribution in [2.75, 3.05) is 0 Å². The first kappa shape index (κ1) is 91.1. The van der Waals surface area contributed by atoms with Gasteiger partial charge in [0.05, 0.1) is 179 Å².